The first-order chi connectivity index (χ1) is 14.2. The fourth-order valence-electron chi connectivity index (χ4n) is 3.43. The summed E-state index contributed by atoms with van der Waals surface area (Å²) in [5, 5.41) is 16.3. The van der Waals surface area contributed by atoms with Crippen molar-refractivity contribution in [1.29, 1.82) is 5.26 Å². The molecule has 2 aromatic rings. The molecule has 156 valence electrons. The molecule has 1 aromatic carbocycles. The molecule has 0 saturated heterocycles. The standard InChI is InChI=1S/C21H24N6O3/c1-13-23-20(25-30-13)21(2,3)24-18(29)11-10-17(28)14(12-22)19-26(4)15-8-6-7-9-16(15)27(19)5/h6-9H,10-11H2,1-5H3,(H,24,29). The monoisotopic (exact) mass is 408 g/mol. The Morgan fingerprint density at radius 1 is 1.17 bits per heavy atom. The summed E-state index contributed by atoms with van der Waals surface area (Å²) in [5.41, 5.74) is 0.995. The van der Waals surface area contributed by atoms with Crippen molar-refractivity contribution in [3.8, 4) is 6.07 Å². The number of Topliss-reactive ketones (excluding diaryl/α,β-unsaturated/α-hetero) is 1. The van der Waals surface area contributed by atoms with Crippen LogP contribution >= 0.6 is 0 Å². The van der Waals surface area contributed by atoms with E-state index >= 15 is 0 Å². The molecular weight excluding hydrogens is 384 g/mol. The van der Waals surface area contributed by atoms with Gasteiger partial charge < -0.3 is 19.6 Å². The molecule has 9 nitrogen and oxygen atoms in total. The van der Waals surface area contributed by atoms with Crippen LogP contribution in [0.15, 0.2) is 40.2 Å². The van der Waals surface area contributed by atoms with Gasteiger partial charge in [-0.15, -0.1) is 0 Å². The van der Waals surface area contributed by atoms with E-state index < -0.39 is 5.54 Å². The number of para-hydroxylation sites is 2. The number of anilines is 2. The highest BCUT2D eigenvalue weighted by Gasteiger charge is 2.32. The van der Waals surface area contributed by atoms with E-state index in [0.29, 0.717) is 17.5 Å². The summed E-state index contributed by atoms with van der Waals surface area (Å²) >= 11 is 0. The van der Waals surface area contributed by atoms with Crippen LogP contribution in [-0.2, 0) is 15.1 Å². The van der Waals surface area contributed by atoms with Gasteiger partial charge in [-0.25, -0.2) is 0 Å². The number of hydrogen-bond donors (Lipinski definition) is 1. The van der Waals surface area contributed by atoms with Crippen molar-refractivity contribution >= 4 is 23.1 Å². The van der Waals surface area contributed by atoms with Crippen molar-refractivity contribution in [2.75, 3.05) is 23.9 Å². The number of carbonyl (C=O) groups is 2. The lowest BCUT2D eigenvalue weighted by molar-refractivity contribution is -0.125. The minimum absolute atomic E-state index is 0.0250. The molecule has 3 rings (SSSR count). The third kappa shape index (κ3) is 3.89. The lowest BCUT2D eigenvalue weighted by Gasteiger charge is -2.22. The number of hydrogen-bond acceptors (Lipinski definition) is 8. The lowest BCUT2D eigenvalue weighted by Crippen LogP contribution is -2.42. The van der Waals surface area contributed by atoms with Gasteiger partial charge in [0, 0.05) is 33.9 Å². The highest BCUT2D eigenvalue weighted by atomic mass is 16.5. The van der Waals surface area contributed by atoms with Crippen LogP contribution in [0.3, 0.4) is 0 Å². The molecule has 0 spiro atoms. The number of aromatic nitrogens is 2. The molecule has 0 unspecified atom stereocenters. The van der Waals surface area contributed by atoms with E-state index in [1.54, 1.807) is 20.8 Å². The first-order valence-electron chi connectivity index (χ1n) is 9.51. The molecule has 2 heterocycles. The molecule has 1 amide bonds. The molecule has 1 aliphatic heterocycles. The maximum absolute atomic E-state index is 12.8. The number of nitriles is 1. The maximum atomic E-state index is 12.8. The SMILES string of the molecule is Cc1nc(C(C)(C)NC(=O)CCC(=O)C(C#N)=C2N(C)c3ccccc3N2C)no1. The van der Waals surface area contributed by atoms with Gasteiger partial charge in [0.2, 0.25) is 11.8 Å². The van der Waals surface area contributed by atoms with E-state index in [4.69, 9.17) is 4.52 Å². The quantitative estimate of drug-likeness (QED) is 0.572. The molecule has 0 atom stereocenters. The summed E-state index contributed by atoms with van der Waals surface area (Å²) in [5.74, 6) is 0.536. The summed E-state index contributed by atoms with van der Waals surface area (Å²) in [6.45, 7) is 5.16. The molecule has 30 heavy (non-hydrogen) atoms. The van der Waals surface area contributed by atoms with Crippen LogP contribution in [0.2, 0.25) is 0 Å². The van der Waals surface area contributed by atoms with Gasteiger partial charge in [-0.1, -0.05) is 17.3 Å². The van der Waals surface area contributed by atoms with E-state index in [1.165, 1.54) is 0 Å². The Labute approximate surface area is 175 Å². The van der Waals surface area contributed by atoms with Crippen molar-refractivity contribution in [2.24, 2.45) is 0 Å². The zero-order chi connectivity index (χ0) is 22.1. The maximum Gasteiger partial charge on any atom is 0.223 e. The minimum atomic E-state index is -0.845. The van der Waals surface area contributed by atoms with Gasteiger partial charge >= 0.3 is 0 Å². The molecule has 0 aliphatic carbocycles. The molecule has 0 saturated carbocycles. The molecular formula is C21H24N6O3. The number of ketones is 1. The van der Waals surface area contributed by atoms with Crippen molar-refractivity contribution in [3.63, 3.8) is 0 Å². The number of rotatable bonds is 6. The van der Waals surface area contributed by atoms with Crippen LogP contribution in [0.5, 0.6) is 0 Å². The molecule has 1 aliphatic rings. The fourth-order valence-corrected chi connectivity index (χ4v) is 3.43. The molecule has 0 fully saturated rings. The molecule has 1 N–H and O–H groups in total. The normalized spacial score (nSPS) is 13.1. The van der Waals surface area contributed by atoms with Crippen LogP contribution < -0.4 is 15.1 Å². The zero-order valence-electron chi connectivity index (χ0n) is 17.7. The van der Waals surface area contributed by atoms with E-state index in [-0.39, 0.29) is 30.1 Å². The number of aryl methyl sites for hydroxylation is 1. The second-order valence-corrected chi connectivity index (χ2v) is 7.65. The van der Waals surface area contributed by atoms with Crippen LogP contribution in [-0.4, -0.2) is 35.9 Å². The smallest absolute Gasteiger partial charge is 0.223 e. The Hall–Kier alpha value is -3.67. The Bertz CT molecular complexity index is 1030. The van der Waals surface area contributed by atoms with Crippen molar-refractivity contribution < 1.29 is 14.1 Å². The third-order valence-corrected chi connectivity index (χ3v) is 4.97. The zero-order valence-corrected chi connectivity index (χ0v) is 17.7. The highest BCUT2D eigenvalue weighted by molar-refractivity contribution is 6.03. The summed E-state index contributed by atoms with van der Waals surface area (Å²) in [4.78, 5) is 33.0. The van der Waals surface area contributed by atoms with E-state index in [9.17, 15) is 14.9 Å². The first kappa shape index (κ1) is 21.0. The summed E-state index contributed by atoms with van der Waals surface area (Å²) in [6.07, 6.45) is -0.143. The van der Waals surface area contributed by atoms with Crippen molar-refractivity contribution in [1.82, 2.24) is 15.5 Å². The van der Waals surface area contributed by atoms with Crippen molar-refractivity contribution in [2.45, 2.75) is 39.2 Å². The largest absolute Gasteiger partial charge is 0.344 e. The minimum Gasteiger partial charge on any atom is -0.344 e. The molecule has 1 aromatic heterocycles. The van der Waals surface area contributed by atoms with Crippen LogP contribution in [0.4, 0.5) is 11.4 Å². The second kappa shape index (κ2) is 7.99. The Kier molecular flexibility index (Phi) is 5.60. The van der Waals surface area contributed by atoms with Crippen molar-refractivity contribution in [3.05, 3.63) is 47.4 Å². The van der Waals surface area contributed by atoms with Gasteiger partial charge in [0.05, 0.1) is 16.9 Å². The number of fused-ring (bicyclic) bond motifs is 1. The molecule has 0 bridgehead atoms. The van der Waals surface area contributed by atoms with Crippen LogP contribution in [0.25, 0.3) is 0 Å². The predicted octanol–water partition coefficient (Wildman–Crippen LogP) is 2.40. The van der Waals surface area contributed by atoms with Gasteiger partial charge in [-0.2, -0.15) is 10.2 Å². The Balaban J connectivity index is 1.70. The molecule has 9 heteroatoms. The Morgan fingerprint density at radius 2 is 1.77 bits per heavy atom. The number of amides is 1. The Morgan fingerprint density at radius 3 is 2.27 bits per heavy atom. The number of nitrogens with one attached hydrogen (secondary N) is 1. The topological polar surface area (TPSA) is 115 Å². The van der Waals surface area contributed by atoms with Crippen LogP contribution in [0.1, 0.15) is 38.4 Å². The average Bonchev–Trinajstić information content (AvgIpc) is 3.25. The van der Waals surface area contributed by atoms with Gasteiger partial charge in [0.25, 0.3) is 0 Å². The van der Waals surface area contributed by atoms with Gasteiger partial charge in [-0.3, -0.25) is 9.59 Å². The number of nitrogens with zero attached hydrogens (tertiary/aromatic N) is 5. The predicted molar refractivity (Wildman–Crippen MR) is 110 cm³/mol. The van der Waals surface area contributed by atoms with Gasteiger partial charge in [0.1, 0.15) is 17.5 Å². The highest BCUT2D eigenvalue weighted by Crippen LogP contribution is 2.40. The number of benzene rings is 1. The second-order valence-electron chi connectivity index (χ2n) is 7.65. The third-order valence-electron chi connectivity index (χ3n) is 4.97. The van der Waals surface area contributed by atoms with Gasteiger partial charge in [-0.05, 0) is 26.0 Å². The number of allylic oxidation sites excluding steroid dienone is 1. The van der Waals surface area contributed by atoms with Gasteiger partial charge in [0.15, 0.2) is 11.6 Å². The van der Waals surface area contributed by atoms with Crippen LogP contribution in [0, 0.1) is 18.3 Å². The summed E-state index contributed by atoms with van der Waals surface area (Å²) in [6, 6.07) is 9.67. The average molecular weight is 408 g/mol. The first-order valence-corrected chi connectivity index (χ1v) is 9.51. The lowest BCUT2D eigenvalue weighted by atomic mass is 10.0. The summed E-state index contributed by atoms with van der Waals surface area (Å²) < 4.78 is 4.96. The van der Waals surface area contributed by atoms with E-state index in [1.807, 2.05) is 54.2 Å². The fraction of sp³-hybridized carbons (Fsp3) is 0.381. The molecule has 0 radical (unpaired) electrons. The number of carbonyl (C=O) groups excluding carboxylic acids is 2. The van der Waals surface area contributed by atoms with E-state index in [2.05, 4.69) is 15.5 Å². The van der Waals surface area contributed by atoms with E-state index in [0.717, 1.165) is 11.4 Å². The summed E-state index contributed by atoms with van der Waals surface area (Å²) in [7, 11) is 3.62.